The molecule has 0 unspecified atom stereocenters. The molecule has 3 nitrogen and oxygen atoms in total. The summed E-state index contributed by atoms with van der Waals surface area (Å²) in [4.78, 5) is 1.02. The zero-order valence-corrected chi connectivity index (χ0v) is 10.3. The van der Waals surface area contributed by atoms with Crippen LogP contribution in [0.2, 0.25) is 5.02 Å². The van der Waals surface area contributed by atoms with Crippen molar-refractivity contribution in [3.8, 4) is 0 Å². The van der Waals surface area contributed by atoms with Crippen LogP contribution < -0.4 is 10.6 Å². The lowest BCUT2D eigenvalue weighted by molar-refractivity contribution is -0.119. The van der Waals surface area contributed by atoms with E-state index in [1.807, 2.05) is 0 Å². The molecule has 0 aromatic heterocycles. The molecular weight excluding hydrogens is 269 g/mol. The van der Waals surface area contributed by atoms with Crippen LogP contribution in [0.25, 0.3) is 0 Å². The lowest BCUT2D eigenvalue weighted by Crippen LogP contribution is -2.37. The maximum Gasteiger partial charge on any atom is 0.405 e. The molecule has 0 bridgehead atoms. The van der Waals surface area contributed by atoms with E-state index in [1.165, 1.54) is 6.07 Å². The highest BCUT2D eigenvalue weighted by atomic mass is 35.5. The SMILES string of the molecule is NCc1c(Cl)cccc1N(CCO)CC(F)(F)F. The molecule has 0 spiro atoms. The van der Waals surface area contributed by atoms with Crippen LogP contribution in [0.3, 0.4) is 0 Å². The Morgan fingerprint density at radius 3 is 2.50 bits per heavy atom. The molecule has 102 valence electrons. The fourth-order valence-electron chi connectivity index (χ4n) is 1.67. The normalized spacial score (nSPS) is 11.7. The summed E-state index contributed by atoms with van der Waals surface area (Å²) in [6.07, 6.45) is -4.36. The van der Waals surface area contributed by atoms with Crippen molar-refractivity contribution in [2.24, 2.45) is 5.73 Å². The first kappa shape index (κ1) is 15.1. The summed E-state index contributed by atoms with van der Waals surface area (Å²) < 4.78 is 37.4. The van der Waals surface area contributed by atoms with Gasteiger partial charge in [-0.25, -0.2) is 0 Å². The van der Waals surface area contributed by atoms with Gasteiger partial charge >= 0.3 is 6.18 Å². The summed E-state index contributed by atoms with van der Waals surface area (Å²) in [6.45, 7) is -1.63. The second-order valence-electron chi connectivity index (χ2n) is 3.70. The first-order chi connectivity index (χ1) is 8.39. The van der Waals surface area contributed by atoms with Crippen LogP contribution in [-0.2, 0) is 6.54 Å². The van der Waals surface area contributed by atoms with E-state index < -0.39 is 12.7 Å². The molecule has 0 amide bonds. The van der Waals surface area contributed by atoms with Crippen LogP contribution in [0.1, 0.15) is 5.56 Å². The summed E-state index contributed by atoms with van der Waals surface area (Å²) in [5.41, 5.74) is 6.24. The molecule has 0 saturated carbocycles. The predicted octanol–water partition coefficient (Wildman–Crippen LogP) is 2.16. The second-order valence-corrected chi connectivity index (χ2v) is 4.11. The number of alkyl halides is 3. The van der Waals surface area contributed by atoms with Gasteiger partial charge in [-0.1, -0.05) is 17.7 Å². The third-order valence-electron chi connectivity index (χ3n) is 2.38. The minimum absolute atomic E-state index is 0.0365. The van der Waals surface area contributed by atoms with Crippen molar-refractivity contribution in [3.05, 3.63) is 28.8 Å². The van der Waals surface area contributed by atoms with Gasteiger partial charge in [0.25, 0.3) is 0 Å². The molecule has 1 aromatic carbocycles. The molecule has 3 N–H and O–H groups in total. The van der Waals surface area contributed by atoms with E-state index >= 15 is 0 Å². The van der Waals surface area contributed by atoms with Crippen molar-refractivity contribution >= 4 is 17.3 Å². The smallest absolute Gasteiger partial charge is 0.395 e. The number of benzene rings is 1. The second kappa shape index (κ2) is 6.26. The summed E-state index contributed by atoms with van der Waals surface area (Å²) in [5.74, 6) is 0. The average molecular weight is 283 g/mol. The van der Waals surface area contributed by atoms with Crippen molar-refractivity contribution in [2.45, 2.75) is 12.7 Å². The number of aliphatic hydroxyl groups excluding tert-OH is 1. The lowest BCUT2D eigenvalue weighted by Gasteiger charge is -2.27. The number of halogens is 4. The zero-order chi connectivity index (χ0) is 13.8. The quantitative estimate of drug-likeness (QED) is 0.870. The highest BCUT2D eigenvalue weighted by Gasteiger charge is 2.31. The molecular formula is C11H14ClF3N2O. The fraction of sp³-hybridized carbons (Fsp3) is 0.455. The topological polar surface area (TPSA) is 49.5 Å². The van der Waals surface area contributed by atoms with Gasteiger partial charge in [0.1, 0.15) is 6.54 Å². The fourth-order valence-corrected chi connectivity index (χ4v) is 1.91. The molecule has 18 heavy (non-hydrogen) atoms. The minimum atomic E-state index is -4.36. The van der Waals surface area contributed by atoms with Crippen LogP contribution in [0.15, 0.2) is 18.2 Å². The Kier molecular flexibility index (Phi) is 5.25. The summed E-state index contributed by atoms with van der Waals surface area (Å²) in [5, 5.41) is 9.17. The first-order valence-electron chi connectivity index (χ1n) is 5.29. The van der Waals surface area contributed by atoms with Gasteiger partial charge < -0.3 is 15.7 Å². The number of aliphatic hydroxyl groups is 1. The predicted molar refractivity (Wildman–Crippen MR) is 64.7 cm³/mol. The Morgan fingerprint density at radius 2 is 2.00 bits per heavy atom. The molecule has 0 aliphatic rings. The van der Waals surface area contributed by atoms with Crippen LogP contribution in [0, 0.1) is 0 Å². The van der Waals surface area contributed by atoms with E-state index in [4.69, 9.17) is 22.4 Å². The van der Waals surface area contributed by atoms with Crippen molar-refractivity contribution in [1.82, 2.24) is 0 Å². The van der Waals surface area contributed by atoms with E-state index in [0.717, 1.165) is 4.90 Å². The largest absolute Gasteiger partial charge is 0.405 e. The summed E-state index contributed by atoms with van der Waals surface area (Å²) in [6, 6.07) is 4.63. The standard InChI is InChI=1S/C11H14ClF3N2O/c12-9-2-1-3-10(8(9)6-16)17(4-5-18)7-11(13,14)15/h1-3,18H,4-7,16H2. The van der Waals surface area contributed by atoms with E-state index in [1.54, 1.807) is 12.1 Å². The number of hydrogen-bond acceptors (Lipinski definition) is 3. The van der Waals surface area contributed by atoms with Crippen molar-refractivity contribution in [2.75, 3.05) is 24.6 Å². The van der Waals surface area contributed by atoms with E-state index in [2.05, 4.69) is 0 Å². The maximum atomic E-state index is 12.5. The van der Waals surface area contributed by atoms with Gasteiger partial charge in [0.2, 0.25) is 0 Å². The number of nitrogens with zero attached hydrogens (tertiary/aromatic N) is 1. The molecule has 0 aliphatic carbocycles. The molecule has 0 fully saturated rings. The Morgan fingerprint density at radius 1 is 1.33 bits per heavy atom. The average Bonchev–Trinajstić information content (AvgIpc) is 2.26. The molecule has 1 rings (SSSR count). The molecule has 0 atom stereocenters. The number of nitrogens with two attached hydrogens (primary N) is 1. The van der Waals surface area contributed by atoms with Crippen LogP contribution in [0.4, 0.5) is 18.9 Å². The molecule has 0 heterocycles. The van der Waals surface area contributed by atoms with Gasteiger partial charge in [0.05, 0.1) is 6.61 Å². The lowest BCUT2D eigenvalue weighted by atomic mass is 10.1. The molecule has 0 radical (unpaired) electrons. The Bertz CT molecular complexity index is 398. The van der Waals surface area contributed by atoms with Gasteiger partial charge in [0.15, 0.2) is 0 Å². The van der Waals surface area contributed by atoms with Gasteiger partial charge in [-0.05, 0) is 12.1 Å². The molecule has 0 saturated heterocycles. The molecule has 7 heteroatoms. The van der Waals surface area contributed by atoms with Gasteiger partial charge in [0, 0.05) is 29.4 Å². The highest BCUT2D eigenvalue weighted by Crippen LogP contribution is 2.29. The Labute approximate surface area is 108 Å². The number of hydrogen-bond donors (Lipinski definition) is 2. The molecule has 1 aromatic rings. The van der Waals surface area contributed by atoms with Crippen molar-refractivity contribution in [1.29, 1.82) is 0 Å². The van der Waals surface area contributed by atoms with Crippen molar-refractivity contribution in [3.63, 3.8) is 0 Å². The third kappa shape index (κ3) is 4.04. The van der Waals surface area contributed by atoms with Crippen molar-refractivity contribution < 1.29 is 18.3 Å². The number of rotatable bonds is 5. The summed E-state index contributed by atoms with van der Waals surface area (Å²) >= 11 is 5.89. The van der Waals surface area contributed by atoms with E-state index in [9.17, 15) is 13.2 Å². The minimum Gasteiger partial charge on any atom is -0.395 e. The van der Waals surface area contributed by atoms with Crippen LogP contribution in [0.5, 0.6) is 0 Å². The van der Waals surface area contributed by atoms with E-state index in [0.29, 0.717) is 16.3 Å². The summed E-state index contributed by atoms with van der Waals surface area (Å²) in [7, 11) is 0. The zero-order valence-electron chi connectivity index (χ0n) is 9.54. The highest BCUT2D eigenvalue weighted by molar-refractivity contribution is 6.31. The first-order valence-corrected chi connectivity index (χ1v) is 5.67. The Hall–Kier alpha value is -0.980. The van der Waals surface area contributed by atoms with Gasteiger partial charge in [-0.15, -0.1) is 0 Å². The maximum absolute atomic E-state index is 12.5. The third-order valence-corrected chi connectivity index (χ3v) is 2.73. The van der Waals surface area contributed by atoms with Crippen LogP contribution in [-0.4, -0.2) is 31.0 Å². The van der Waals surface area contributed by atoms with E-state index in [-0.39, 0.29) is 19.7 Å². The van der Waals surface area contributed by atoms with Gasteiger partial charge in [-0.3, -0.25) is 0 Å². The Balaban J connectivity index is 3.09. The monoisotopic (exact) mass is 282 g/mol. The van der Waals surface area contributed by atoms with Crippen LogP contribution >= 0.6 is 11.6 Å². The molecule has 0 aliphatic heterocycles. The number of anilines is 1. The van der Waals surface area contributed by atoms with Gasteiger partial charge in [-0.2, -0.15) is 13.2 Å².